The molecule has 0 aliphatic carbocycles. The number of thioether (sulfide) groups is 1. The van der Waals surface area contributed by atoms with Crippen molar-refractivity contribution in [3.8, 4) is 0 Å². The first-order valence-electron chi connectivity index (χ1n) is 8.95. The number of hydrogen-bond acceptors (Lipinski definition) is 6. The Hall–Kier alpha value is -2.09. The van der Waals surface area contributed by atoms with E-state index in [0.717, 1.165) is 52.2 Å². The van der Waals surface area contributed by atoms with Gasteiger partial charge in [-0.25, -0.2) is 4.98 Å². The molecule has 0 saturated carbocycles. The van der Waals surface area contributed by atoms with Crippen LogP contribution in [0, 0.1) is 0 Å². The number of rotatable bonds is 5. The summed E-state index contributed by atoms with van der Waals surface area (Å²) in [5.74, 6) is -0.0154. The number of benzene rings is 2. The fourth-order valence-corrected chi connectivity index (χ4v) is 5.14. The molecule has 5 nitrogen and oxygen atoms in total. The van der Waals surface area contributed by atoms with Crippen molar-refractivity contribution in [3.63, 3.8) is 0 Å². The second kappa shape index (κ2) is 8.29. The molecule has 1 saturated heterocycles. The molecule has 1 fully saturated rings. The number of aromatic nitrogens is 1. The summed E-state index contributed by atoms with van der Waals surface area (Å²) < 4.78 is 7.45. The van der Waals surface area contributed by atoms with E-state index in [-0.39, 0.29) is 11.2 Å². The average molecular weight is 400 g/mol. The highest BCUT2D eigenvalue weighted by Crippen LogP contribution is 2.32. The van der Waals surface area contributed by atoms with Crippen LogP contribution in [0.4, 0.5) is 11.4 Å². The van der Waals surface area contributed by atoms with Crippen molar-refractivity contribution in [2.24, 2.45) is 0 Å². The zero-order valence-electron chi connectivity index (χ0n) is 15.1. The third-order valence-corrected chi connectivity index (χ3v) is 6.66. The number of nitrogens with zero attached hydrogens (tertiary/aromatic N) is 2. The SMILES string of the molecule is CC(Sc1nc2ccccc2s1)C(=O)Nc1ccc(N2CCOCC2)cc1. The molecule has 0 bridgehead atoms. The number of hydrogen-bond donors (Lipinski definition) is 1. The maximum Gasteiger partial charge on any atom is 0.237 e. The lowest BCUT2D eigenvalue weighted by molar-refractivity contribution is -0.115. The lowest BCUT2D eigenvalue weighted by Crippen LogP contribution is -2.36. The predicted molar refractivity (Wildman–Crippen MR) is 113 cm³/mol. The van der Waals surface area contributed by atoms with E-state index < -0.39 is 0 Å². The fourth-order valence-electron chi connectivity index (χ4n) is 2.93. The van der Waals surface area contributed by atoms with E-state index >= 15 is 0 Å². The van der Waals surface area contributed by atoms with Gasteiger partial charge in [0, 0.05) is 24.5 Å². The molecule has 2 aromatic carbocycles. The van der Waals surface area contributed by atoms with Gasteiger partial charge >= 0.3 is 0 Å². The van der Waals surface area contributed by atoms with Crippen molar-refractivity contribution in [3.05, 3.63) is 48.5 Å². The van der Waals surface area contributed by atoms with Crippen LogP contribution in [0.15, 0.2) is 52.9 Å². The molecule has 1 unspecified atom stereocenters. The van der Waals surface area contributed by atoms with Crippen LogP contribution in [-0.2, 0) is 9.53 Å². The van der Waals surface area contributed by atoms with Crippen molar-refractivity contribution < 1.29 is 9.53 Å². The first kappa shape index (κ1) is 18.3. The summed E-state index contributed by atoms with van der Waals surface area (Å²) in [6.45, 7) is 5.25. The number of anilines is 2. The highest BCUT2D eigenvalue weighted by molar-refractivity contribution is 8.02. The molecule has 140 valence electrons. The summed E-state index contributed by atoms with van der Waals surface area (Å²) >= 11 is 3.12. The number of nitrogens with one attached hydrogen (secondary N) is 1. The van der Waals surface area contributed by atoms with Gasteiger partial charge in [0.1, 0.15) is 0 Å². The molecule has 1 aliphatic heterocycles. The molecule has 2 heterocycles. The minimum atomic E-state index is -0.218. The highest BCUT2D eigenvalue weighted by atomic mass is 32.2. The Kier molecular flexibility index (Phi) is 5.61. The van der Waals surface area contributed by atoms with Crippen molar-refractivity contribution in [2.45, 2.75) is 16.5 Å². The van der Waals surface area contributed by atoms with Gasteiger partial charge in [0.15, 0.2) is 4.34 Å². The summed E-state index contributed by atoms with van der Waals surface area (Å²) in [6, 6.07) is 16.0. The highest BCUT2D eigenvalue weighted by Gasteiger charge is 2.17. The molecule has 1 N–H and O–H groups in total. The predicted octanol–water partition coefficient (Wildman–Crippen LogP) is 4.25. The van der Waals surface area contributed by atoms with Gasteiger partial charge in [-0.15, -0.1) is 11.3 Å². The molecule has 1 atom stereocenters. The summed E-state index contributed by atoms with van der Waals surface area (Å²) in [4.78, 5) is 19.4. The molecule has 1 aromatic heterocycles. The molecule has 3 aromatic rings. The fraction of sp³-hybridized carbons (Fsp3) is 0.300. The maximum absolute atomic E-state index is 12.5. The van der Waals surface area contributed by atoms with Crippen molar-refractivity contribution >= 4 is 50.6 Å². The van der Waals surface area contributed by atoms with E-state index in [0.29, 0.717) is 0 Å². The zero-order valence-corrected chi connectivity index (χ0v) is 16.7. The number of carbonyl (C=O) groups is 1. The topological polar surface area (TPSA) is 54.5 Å². The van der Waals surface area contributed by atoms with E-state index in [1.807, 2.05) is 49.4 Å². The summed E-state index contributed by atoms with van der Waals surface area (Å²) in [5, 5.41) is 2.78. The quantitative estimate of drug-likeness (QED) is 0.650. The minimum absolute atomic E-state index is 0.0154. The van der Waals surface area contributed by atoms with Gasteiger partial charge in [0.05, 0.1) is 28.7 Å². The summed E-state index contributed by atoms with van der Waals surface area (Å²) in [7, 11) is 0. The Morgan fingerprint density at radius 1 is 1.19 bits per heavy atom. The van der Waals surface area contributed by atoms with Gasteiger partial charge < -0.3 is 15.0 Å². The molecule has 0 spiro atoms. The van der Waals surface area contributed by atoms with Gasteiger partial charge in [-0.1, -0.05) is 23.9 Å². The van der Waals surface area contributed by atoms with Crippen molar-refractivity contribution in [1.29, 1.82) is 0 Å². The van der Waals surface area contributed by atoms with Gasteiger partial charge in [-0.3, -0.25) is 4.79 Å². The average Bonchev–Trinajstić information content (AvgIpc) is 3.11. The first-order valence-corrected chi connectivity index (χ1v) is 10.6. The number of amides is 1. The monoisotopic (exact) mass is 399 g/mol. The number of fused-ring (bicyclic) bond motifs is 1. The van der Waals surface area contributed by atoms with E-state index in [2.05, 4.69) is 21.3 Å². The second-order valence-electron chi connectivity index (χ2n) is 6.34. The number of para-hydroxylation sites is 1. The smallest absolute Gasteiger partial charge is 0.237 e. The Labute approximate surface area is 166 Å². The maximum atomic E-state index is 12.5. The number of ether oxygens (including phenoxy) is 1. The second-order valence-corrected chi connectivity index (χ2v) is 8.96. The Balaban J connectivity index is 1.36. The minimum Gasteiger partial charge on any atom is -0.378 e. The van der Waals surface area contributed by atoms with Crippen molar-refractivity contribution in [1.82, 2.24) is 4.98 Å². The molecular weight excluding hydrogens is 378 g/mol. The number of thiazole rings is 1. The molecule has 1 amide bonds. The van der Waals surface area contributed by atoms with Gasteiger partial charge in [0.2, 0.25) is 5.91 Å². The first-order chi connectivity index (χ1) is 13.2. The molecular formula is C20H21N3O2S2. The third kappa shape index (κ3) is 4.43. The van der Waals surface area contributed by atoms with E-state index in [9.17, 15) is 4.79 Å². The molecule has 7 heteroatoms. The Morgan fingerprint density at radius 3 is 2.67 bits per heavy atom. The standard InChI is InChI=1S/C20H21N3O2S2/c1-14(26-20-22-17-4-2-3-5-18(17)27-20)19(24)21-15-6-8-16(9-7-15)23-10-12-25-13-11-23/h2-9,14H,10-13H2,1H3,(H,21,24). The third-order valence-electron chi connectivity index (χ3n) is 4.43. The molecule has 0 radical (unpaired) electrons. The Morgan fingerprint density at radius 2 is 1.93 bits per heavy atom. The molecule has 4 rings (SSSR count). The van der Waals surface area contributed by atoms with Crippen LogP contribution >= 0.6 is 23.1 Å². The van der Waals surface area contributed by atoms with Gasteiger partial charge in [0.25, 0.3) is 0 Å². The lowest BCUT2D eigenvalue weighted by Gasteiger charge is -2.28. The molecule has 27 heavy (non-hydrogen) atoms. The van der Waals surface area contributed by atoms with E-state index in [1.54, 1.807) is 11.3 Å². The van der Waals surface area contributed by atoms with Crippen LogP contribution in [0.3, 0.4) is 0 Å². The van der Waals surface area contributed by atoms with Crippen LogP contribution in [-0.4, -0.2) is 42.4 Å². The van der Waals surface area contributed by atoms with Crippen LogP contribution in [0.2, 0.25) is 0 Å². The Bertz CT molecular complexity index is 887. The van der Waals surface area contributed by atoms with Crippen LogP contribution in [0.1, 0.15) is 6.92 Å². The van der Waals surface area contributed by atoms with E-state index in [1.165, 1.54) is 11.8 Å². The largest absolute Gasteiger partial charge is 0.378 e. The summed E-state index contributed by atoms with van der Waals surface area (Å²) in [6.07, 6.45) is 0. The van der Waals surface area contributed by atoms with Crippen molar-refractivity contribution in [2.75, 3.05) is 36.5 Å². The zero-order chi connectivity index (χ0) is 18.6. The summed E-state index contributed by atoms with van der Waals surface area (Å²) in [5.41, 5.74) is 2.96. The lowest BCUT2D eigenvalue weighted by atomic mass is 10.2. The van der Waals surface area contributed by atoms with Gasteiger partial charge in [-0.05, 0) is 43.3 Å². The number of carbonyl (C=O) groups excluding carboxylic acids is 1. The van der Waals surface area contributed by atoms with Crippen LogP contribution < -0.4 is 10.2 Å². The number of morpholine rings is 1. The van der Waals surface area contributed by atoms with Gasteiger partial charge in [-0.2, -0.15) is 0 Å². The normalized spacial score (nSPS) is 15.7. The van der Waals surface area contributed by atoms with Crippen LogP contribution in [0.5, 0.6) is 0 Å². The molecule has 1 aliphatic rings. The van der Waals surface area contributed by atoms with Crippen LogP contribution in [0.25, 0.3) is 10.2 Å². The van der Waals surface area contributed by atoms with E-state index in [4.69, 9.17) is 4.74 Å².